The van der Waals surface area contributed by atoms with E-state index in [1.54, 1.807) is 13.0 Å². The van der Waals surface area contributed by atoms with E-state index in [4.69, 9.17) is 4.74 Å². The number of hydrogen-bond acceptors (Lipinski definition) is 4. The number of para-hydroxylation sites is 1. The third-order valence-electron chi connectivity index (χ3n) is 4.63. The number of sulfonamides is 1. The number of benzene rings is 3. The third kappa shape index (κ3) is 5.85. The van der Waals surface area contributed by atoms with Gasteiger partial charge in [0, 0.05) is 12.1 Å². The molecule has 0 bridgehead atoms. The van der Waals surface area contributed by atoms with Crippen LogP contribution in [-0.4, -0.2) is 20.4 Å². The molecule has 0 atom stereocenters. The van der Waals surface area contributed by atoms with Crippen molar-refractivity contribution in [1.82, 2.24) is 5.32 Å². The Morgan fingerprint density at radius 1 is 1.03 bits per heavy atom. The largest absolute Gasteiger partial charge is 0.491 e. The monoisotopic (exact) mass is 456 g/mol. The molecule has 0 saturated carbocycles. The third-order valence-corrected chi connectivity index (χ3v) is 5.99. The standard InChI is InChI=1S/C24H25FN2O4S/c1-16(2)31-19-11-9-18(10-12-19)15-26-24(28)21-14-20(13-8-17(21)3)32(29,30)27-23-7-5-4-6-22(23)25/h4-14,16,27H,15H2,1-3H3,(H,26,28). The van der Waals surface area contributed by atoms with Crippen LogP contribution in [-0.2, 0) is 16.6 Å². The van der Waals surface area contributed by atoms with Gasteiger partial charge in [0.1, 0.15) is 11.6 Å². The molecule has 0 aliphatic rings. The van der Waals surface area contributed by atoms with Gasteiger partial charge in [-0.25, -0.2) is 12.8 Å². The van der Waals surface area contributed by atoms with Crippen molar-refractivity contribution in [2.75, 3.05) is 4.72 Å². The number of amides is 1. The average molecular weight is 457 g/mol. The van der Waals surface area contributed by atoms with E-state index in [0.29, 0.717) is 5.56 Å². The van der Waals surface area contributed by atoms with E-state index in [1.807, 2.05) is 38.1 Å². The second-order valence-corrected chi connectivity index (χ2v) is 9.24. The van der Waals surface area contributed by atoms with Crippen molar-refractivity contribution < 1.29 is 22.3 Å². The lowest BCUT2D eigenvalue weighted by atomic mass is 10.1. The SMILES string of the molecule is Cc1ccc(S(=O)(=O)Nc2ccccc2F)cc1C(=O)NCc1ccc(OC(C)C)cc1. The van der Waals surface area contributed by atoms with Gasteiger partial charge in [-0.1, -0.05) is 30.3 Å². The van der Waals surface area contributed by atoms with Crippen molar-refractivity contribution in [3.05, 3.63) is 89.2 Å². The molecule has 0 radical (unpaired) electrons. The van der Waals surface area contributed by atoms with Crippen molar-refractivity contribution in [3.63, 3.8) is 0 Å². The normalized spacial score (nSPS) is 11.3. The molecule has 0 aliphatic carbocycles. The summed E-state index contributed by atoms with van der Waals surface area (Å²) in [6.07, 6.45) is 0.0694. The molecule has 6 nitrogen and oxygen atoms in total. The van der Waals surface area contributed by atoms with Crippen LogP contribution in [0, 0.1) is 12.7 Å². The maximum absolute atomic E-state index is 13.9. The van der Waals surface area contributed by atoms with E-state index < -0.39 is 21.7 Å². The van der Waals surface area contributed by atoms with E-state index in [1.165, 1.54) is 30.3 Å². The first-order chi connectivity index (χ1) is 15.2. The molecule has 8 heteroatoms. The Morgan fingerprint density at radius 2 is 1.72 bits per heavy atom. The molecule has 168 valence electrons. The summed E-state index contributed by atoms with van der Waals surface area (Å²) in [4.78, 5) is 12.6. The van der Waals surface area contributed by atoms with Crippen LogP contribution in [0.5, 0.6) is 5.75 Å². The molecule has 0 spiro atoms. The quantitative estimate of drug-likeness (QED) is 0.517. The molecule has 3 aromatic rings. The Balaban J connectivity index is 1.73. The highest BCUT2D eigenvalue weighted by Gasteiger charge is 2.19. The van der Waals surface area contributed by atoms with Crippen molar-refractivity contribution in [2.24, 2.45) is 0 Å². The number of carbonyl (C=O) groups is 1. The van der Waals surface area contributed by atoms with Gasteiger partial charge in [-0.3, -0.25) is 9.52 Å². The summed E-state index contributed by atoms with van der Waals surface area (Å²) >= 11 is 0. The zero-order chi connectivity index (χ0) is 23.3. The molecule has 3 rings (SSSR count). The highest BCUT2D eigenvalue weighted by molar-refractivity contribution is 7.92. The van der Waals surface area contributed by atoms with E-state index >= 15 is 0 Å². The summed E-state index contributed by atoms with van der Waals surface area (Å²) in [6, 6.07) is 17.0. The first-order valence-corrected chi connectivity index (χ1v) is 11.6. The summed E-state index contributed by atoms with van der Waals surface area (Å²) in [5.74, 6) is -0.356. The van der Waals surface area contributed by atoms with E-state index in [0.717, 1.165) is 17.4 Å². The Morgan fingerprint density at radius 3 is 2.38 bits per heavy atom. The zero-order valence-corrected chi connectivity index (χ0v) is 18.9. The van der Waals surface area contributed by atoms with Gasteiger partial charge in [0.05, 0.1) is 16.7 Å². The molecule has 3 aromatic carbocycles. The molecule has 0 heterocycles. The number of rotatable bonds is 8. The first-order valence-electron chi connectivity index (χ1n) is 10.1. The fourth-order valence-corrected chi connectivity index (χ4v) is 4.09. The topological polar surface area (TPSA) is 84.5 Å². The molecule has 0 saturated heterocycles. The van der Waals surface area contributed by atoms with Gasteiger partial charge in [-0.05, 0) is 68.3 Å². The number of anilines is 1. The van der Waals surface area contributed by atoms with Crippen LogP contribution in [0.4, 0.5) is 10.1 Å². The van der Waals surface area contributed by atoms with Gasteiger partial charge in [0.25, 0.3) is 15.9 Å². The fraction of sp³-hybridized carbons (Fsp3) is 0.208. The van der Waals surface area contributed by atoms with Crippen LogP contribution < -0.4 is 14.8 Å². The molecular weight excluding hydrogens is 431 g/mol. The maximum atomic E-state index is 13.9. The van der Waals surface area contributed by atoms with Gasteiger partial charge in [-0.15, -0.1) is 0 Å². The summed E-state index contributed by atoms with van der Waals surface area (Å²) in [5.41, 5.74) is 1.55. The summed E-state index contributed by atoms with van der Waals surface area (Å²) in [5, 5.41) is 2.80. The van der Waals surface area contributed by atoms with E-state index in [9.17, 15) is 17.6 Å². The maximum Gasteiger partial charge on any atom is 0.262 e. The van der Waals surface area contributed by atoms with Gasteiger partial charge in [-0.2, -0.15) is 0 Å². The summed E-state index contributed by atoms with van der Waals surface area (Å²) in [6.45, 7) is 5.87. The Bertz CT molecular complexity index is 1210. The number of hydrogen-bond donors (Lipinski definition) is 2. The molecule has 0 aromatic heterocycles. The van der Waals surface area contributed by atoms with Crippen LogP contribution in [0.1, 0.15) is 35.3 Å². The molecule has 2 N–H and O–H groups in total. The highest BCUT2D eigenvalue weighted by atomic mass is 32.2. The second-order valence-electron chi connectivity index (χ2n) is 7.56. The number of halogens is 1. The van der Waals surface area contributed by atoms with Crippen LogP contribution in [0.15, 0.2) is 71.6 Å². The van der Waals surface area contributed by atoms with Crippen LogP contribution in [0.2, 0.25) is 0 Å². The van der Waals surface area contributed by atoms with Gasteiger partial charge >= 0.3 is 0 Å². The average Bonchev–Trinajstić information content (AvgIpc) is 2.74. The smallest absolute Gasteiger partial charge is 0.262 e. The predicted octanol–water partition coefficient (Wildman–Crippen LogP) is 4.65. The molecule has 0 unspecified atom stereocenters. The minimum atomic E-state index is -4.07. The Labute approximate surface area is 187 Å². The lowest BCUT2D eigenvalue weighted by Crippen LogP contribution is -2.24. The van der Waals surface area contributed by atoms with E-state index in [2.05, 4.69) is 10.0 Å². The molecule has 0 fully saturated rings. The molecular formula is C24H25FN2O4S. The zero-order valence-electron chi connectivity index (χ0n) is 18.1. The van der Waals surface area contributed by atoms with E-state index in [-0.39, 0.29) is 28.8 Å². The van der Waals surface area contributed by atoms with Gasteiger partial charge in [0.15, 0.2) is 0 Å². The highest BCUT2D eigenvalue weighted by Crippen LogP contribution is 2.21. The Hall–Kier alpha value is -3.39. The van der Waals surface area contributed by atoms with Crippen LogP contribution in [0.3, 0.4) is 0 Å². The minimum absolute atomic E-state index is 0.0694. The first kappa shape index (κ1) is 23.3. The molecule has 1 amide bonds. The van der Waals surface area contributed by atoms with Gasteiger partial charge < -0.3 is 10.1 Å². The van der Waals surface area contributed by atoms with Crippen LogP contribution in [0.25, 0.3) is 0 Å². The molecule has 32 heavy (non-hydrogen) atoms. The predicted molar refractivity (Wildman–Crippen MR) is 122 cm³/mol. The van der Waals surface area contributed by atoms with Crippen LogP contribution >= 0.6 is 0 Å². The van der Waals surface area contributed by atoms with Crippen molar-refractivity contribution in [1.29, 1.82) is 0 Å². The van der Waals surface area contributed by atoms with Crippen molar-refractivity contribution >= 4 is 21.6 Å². The fourth-order valence-electron chi connectivity index (χ4n) is 3.00. The number of carbonyl (C=O) groups excluding carboxylic acids is 1. The summed E-state index contributed by atoms with van der Waals surface area (Å²) < 4.78 is 47.1. The van der Waals surface area contributed by atoms with Crippen molar-refractivity contribution in [3.8, 4) is 5.75 Å². The number of aryl methyl sites for hydroxylation is 1. The number of ether oxygens (including phenoxy) is 1. The van der Waals surface area contributed by atoms with Gasteiger partial charge in [0.2, 0.25) is 0 Å². The lowest BCUT2D eigenvalue weighted by Gasteiger charge is -2.13. The minimum Gasteiger partial charge on any atom is -0.491 e. The Kier molecular flexibility index (Phi) is 7.15. The van der Waals surface area contributed by atoms with Crippen molar-refractivity contribution in [2.45, 2.75) is 38.3 Å². The summed E-state index contributed by atoms with van der Waals surface area (Å²) in [7, 11) is -4.07. The molecule has 0 aliphatic heterocycles. The second kappa shape index (κ2) is 9.82. The lowest BCUT2D eigenvalue weighted by molar-refractivity contribution is 0.0950. The number of nitrogens with one attached hydrogen (secondary N) is 2.